The Morgan fingerprint density at radius 3 is 2.87 bits per heavy atom. The van der Waals surface area contributed by atoms with Crippen LogP contribution in [0.2, 0.25) is 5.02 Å². The Kier molecular flexibility index (Phi) is 6.04. The Labute approximate surface area is 187 Å². The SMILES string of the molecule is CN1[C@@H](C(=O)Nc2ccc(F)c(Cl)c2)C[C@@H](c2ncc(-c3cccnc3)s2)NS1(=O)=O. The van der Waals surface area contributed by atoms with Gasteiger partial charge in [0, 0.05) is 36.9 Å². The van der Waals surface area contributed by atoms with Crippen molar-refractivity contribution in [1.82, 2.24) is 19.0 Å². The molecule has 0 aliphatic carbocycles. The van der Waals surface area contributed by atoms with Crippen molar-refractivity contribution in [3.05, 3.63) is 64.8 Å². The largest absolute Gasteiger partial charge is 0.325 e. The number of likely N-dealkylation sites (N-methyl/N-ethyl adjacent to an activating group) is 1. The third-order valence-electron chi connectivity index (χ3n) is 4.83. The van der Waals surface area contributed by atoms with Crippen molar-refractivity contribution in [2.45, 2.75) is 18.5 Å². The summed E-state index contributed by atoms with van der Waals surface area (Å²) < 4.78 is 42.2. The van der Waals surface area contributed by atoms with Crippen LogP contribution in [0.15, 0.2) is 48.9 Å². The highest BCUT2D eigenvalue weighted by molar-refractivity contribution is 7.87. The molecule has 1 aliphatic rings. The topological polar surface area (TPSA) is 104 Å². The molecule has 31 heavy (non-hydrogen) atoms. The van der Waals surface area contributed by atoms with E-state index in [0.717, 1.165) is 20.8 Å². The van der Waals surface area contributed by atoms with E-state index in [-0.39, 0.29) is 17.1 Å². The molecule has 3 heterocycles. The highest BCUT2D eigenvalue weighted by Crippen LogP contribution is 2.34. The van der Waals surface area contributed by atoms with Gasteiger partial charge in [-0.1, -0.05) is 17.7 Å². The fourth-order valence-electron chi connectivity index (χ4n) is 3.16. The molecule has 1 fully saturated rings. The minimum absolute atomic E-state index is 0.146. The summed E-state index contributed by atoms with van der Waals surface area (Å²) in [6, 6.07) is 5.76. The van der Waals surface area contributed by atoms with Gasteiger partial charge in [-0.2, -0.15) is 17.4 Å². The number of halogens is 2. The fourth-order valence-corrected chi connectivity index (χ4v) is 5.64. The van der Waals surface area contributed by atoms with Crippen LogP contribution < -0.4 is 10.0 Å². The van der Waals surface area contributed by atoms with Gasteiger partial charge >= 0.3 is 0 Å². The van der Waals surface area contributed by atoms with Gasteiger partial charge in [-0.15, -0.1) is 11.3 Å². The van der Waals surface area contributed by atoms with Gasteiger partial charge in [0.15, 0.2) is 0 Å². The molecule has 12 heteroatoms. The number of anilines is 1. The van der Waals surface area contributed by atoms with E-state index in [9.17, 15) is 17.6 Å². The van der Waals surface area contributed by atoms with Crippen LogP contribution in [-0.2, 0) is 15.0 Å². The number of aromatic nitrogens is 2. The molecule has 162 valence electrons. The first kappa shape index (κ1) is 21.8. The number of amides is 1. The average Bonchev–Trinajstić information content (AvgIpc) is 3.23. The third-order valence-corrected chi connectivity index (χ3v) is 7.87. The number of hydrogen-bond donors (Lipinski definition) is 2. The molecule has 0 radical (unpaired) electrons. The second kappa shape index (κ2) is 8.60. The van der Waals surface area contributed by atoms with Crippen molar-refractivity contribution in [3.8, 4) is 10.4 Å². The Hall–Kier alpha value is -2.44. The number of carbonyl (C=O) groups is 1. The molecule has 4 rings (SSSR count). The lowest BCUT2D eigenvalue weighted by Gasteiger charge is -2.35. The van der Waals surface area contributed by atoms with E-state index in [1.807, 2.05) is 6.07 Å². The molecule has 1 amide bonds. The monoisotopic (exact) mass is 481 g/mol. The van der Waals surface area contributed by atoms with Crippen LogP contribution in [0, 0.1) is 5.82 Å². The quantitative estimate of drug-likeness (QED) is 0.595. The van der Waals surface area contributed by atoms with Crippen molar-refractivity contribution in [3.63, 3.8) is 0 Å². The maximum atomic E-state index is 13.4. The molecule has 0 spiro atoms. The number of nitrogens with one attached hydrogen (secondary N) is 2. The molecule has 1 saturated heterocycles. The summed E-state index contributed by atoms with van der Waals surface area (Å²) in [7, 11) is -2.60. The summed E-state index contributed by atoms with van der Waals surface area (Å²) in [5, 5.41) is 3.00. The number of benzene rings is 1. The van der Waals surface area contributed by atoms with Gasteiger partial charge in [0.2, 0.25) is 5.91 Å². The van der Waals surface area contributed by atoms with Crippen molar-refractivity contribution < 1.29 is 17.6 Å². The zero-order valence-corrected chi connectivity index (χ0v) is 18.5. The van der Waals surface area contributed by atoms with Gasteiger partial charge in [-0.3, -0.25) is 9.78 Å². The third kappa shape index (κ3) is 4.60. The van der Waals surface area contributed by atoms with Gasteiger partial charge in [0.05, 0.1) is 15.9 Å². The van der Waals surface area contributed by atoms with Crippen molar-refractivity contribution in [2.75, 3.05) is 12.4 Å². The molecule has 0 bridgehead atoms. The van der Waals surface area contributed by atoms with Crippen LogP contribution in [0.3, 0.4) is 0 Å². The van der Waals surface area contributed by atoms with Crippen LogP contribution in [-0.4, -0.2) is 41.7 Å². The van der Waals surface area contributed by atoms with Gasteiger partial charge in [-0.05, 0) is 30.7 Å². The summed E-state index contributed by atoms with van der Waals surface area (Å²) in [6.45, 7) is 0. The van der Waals surface area contributed by atoms with E-state index in [0.29, 0.717) is 5.01 Å². The zero-order chi connectivity index (χ0) is 22.2. The number of hydrogen-bond acceptors (Lipinski definition) is 6. The van der Waals surface area contributed by atoms with Crippen LogP contribution >= 0.6 is 22.9 Å². The first-order chi connectivity index (χ1) is 14.7. The molecule has 2 N–H and O–H groups in total. The minimum atomic E-state index is -3.92. The molecule has 0 unspecified atom stereocenters. The maximum absolute atomic E-state index is 13.4. The molecular weight excluding hydrogens is 465 g/mol. The molecule has 0 saturated carbocycles. The zero-order valence-electron chi connectivity index (χ0n) is 16.1. The molecule has 2 atom stereocenters. The molecule has 1 aliphatic heterocycles. The van der Waals surface area contributed by atoms with Crippen LogP contribution in [0.1, 0.15) is 17.5 Å². The Morgan fingerprint density at radius 1 is 1.35 bits per heavy atom. The minimum Gasteiger partial charge on any atom is -0.325 e. The van der Waals surface area contributed by atoms with Gasteiger partial charge < -0.3 is 5.32 Å². The van der Waals surface area contributed by atoms with E-state index < -0.39 is 34.0 Å². The summed E-state index contributed by atoms with van der Waals surface area (Å²) in [6.07, 6.45) is 5.17. The molecule has 2 aromatic heterocycles. The second-order valence-electron chi connectivity index (χ2n) is 6.87. The van der Waals surface area contributed by atoms with E-state index in [1.165, 1.54) is 30.5 Å². The molecule has 3 aromatic rings. The molecule has 1 aromatic carbocycles. The summed E-state index contributed by atoms with van der Waals surface area (Å²) >= 11 is 7.09. The molecule has 8 nitrogen and oxygen atoms in total. The number of nitrogens with zero attached hydrogens (tertiary/aromatic N) is 3. The van der Waals surface area contributed by atoms with Crippen LogP contribution in [0.5, 0.6) is 0 Å². The lowest BCUT2D eigenvalue weighted by molar-refractivity contribution is -0.120. The van der Waals surface area contributed by atoms with E-state index in [2.05, 4.69) is 20.0 Å². The lowest BCUT2D eigenvalue weighted by Crippen LogP contribution is -2.55. The van der Waals surface area contributed by atoms with E-state index >= 15 is 0 Å². The number of pyridine rings is 1. The van der Waals surface area contributed by atoms with Crippen molar-refractivity contribution in [2.24, 2.45) is 0 Å². The summed E-state index contributed by atoms with van der Waals surface area (Å²) in [5.74, 6) is -1.17. The van der Waals surface area contributed by atoms with Crippen molar-refractivity contribution in [1.29, 1.82) is 0 Å². The Balaban J connectivity index is 1.57. The first-order valence-corrected chi connectivity index (χ1v) is 11.8. The Morgan fingerprint density at radius 2 is 2.16 bits per heavy atom. The first-order valence-electron chi connectivity index (χ1n) is 9.12. The maximum Gasteiger partial charge on any atom is 0.280 e. The summed E-state index contributed by atoms with van der Waals surface area (Å²) in [5.41, 5.74) is 1.13. The van der Waals surface area contributed by atoms with Crippen molar-refractivity contribution >= 4 is 44.7 Å². The highest BCUT2D eigenvalue weighted by atomic mass is 35.5. The average molecular weight is 482 g/mol. The van der Waals surface area contributed by atoms with Crippen LogP contribution in [0.4, 0.5) is 10.1 Å². The van der Waals surface area contributed by atoms with Gasteiger partial charge in [0.1, 0.15) is 16.9 Å². The van der Waals surface area contributed by atoms with E-state index in [4.69, 9.17) is 11.6 Å². The number of thiazole rings is 1. The smallest absolute Gasteiger partial charge is 0.280 e. The molecular formula is C19H17ClFN5O3S2. The lowest BCUT2D eigenvalue weighted by atomic mass is 10.1. The van der Waals surface area contributed by atoms with Crippen LogP contribution in [0.25, 0.3) is 10.4 Å². The number of carbonyl (C=O) groups excluding carboxylic acids is 1. The van der Waals surface area contributed by atoms with E-state index in [1.54, 1.807) is 24.7 Å². The fraction of sp³-hybridized carbons (Fsp3) is 0.211. The Bertz CT molecular complexity index is 1220. The summed E-state index contributed by atoms with van der Waals surface area (Å²) in [4.78, 5) is 22.1. The normalized spacial score (nSPS) is 21.0. The van der Waals surface area contributed by atoms with Gasteiger partial charge in [-0.25, -0.2) is 9.37 Å². The highest BCUT2D eigenvalue weighted by Gasteiger charge is 2.41. The second-order valence-corrected chi connectivity index (χ2v) is 10.1. The predicted octanol–water partition coefficient (Wildman–Crippen LogP) is 3.22. The predicted molar refractivity (Wildman–Crippen MR) is 116 cm³/mol. The number of rotatable bonds is 4. The standard InChI is InChI=1S/C19H17ClFN5O3S2/c1-26-16(18(27)24-12-4-5-14(21)13(20)7-12)8-15(25-31(26,28)29)19-23-10-17(30-19)11-3-2-6-22-9-11/h2-7,9-10,15-16,25H,8H2,1H3,(H,24,27)/t15-,16+/m0/s1. The van der Waals surface area contributed by atoms with Gasteiger partial charge in [0.25, 0.3) is 10.2 Å².